The van der Waals surface area contributed by atoms with Gasteiger partial charge in [0, 0.05) is 18.1 Å². The van der Waals surface area contributed by atoms with E-state index in [2.05, 4.69) is 10.1 Å². The van der Waals surface area contributed by atoms with Crippen LogP contribution >= 0.6 is 11.8 Å². The molecular formula is C15H24N2O3S. The van der Waals surface area contributed by atoms with Gasteiger partial charge in [-0.3, -0.25) is 0 Å². The summed E-state index contributed by atoms with van der Waals surface area (Å²) in [7, 11) is 0. The van der Waals surface area contributed by atoms with Crippen molar-refractivity contribution in [3.63, 3.8) is 0 Å². The van der Waals surface area contributed by atoms with Crippen LogP contribution in [0.2, 0.25) is 0 Å². The predicted octanol–water partition coefficient (Wildman–Crippen LogP) is 2.85. The maximum atomic E-state index is 9.99. The topological polar surface area (TPSA) is 68.4 Å². The number of hydrogen-bond donors (Lipinski definition) is 1. The van der Waals surface area contributed by atoms with E-state index in [1.54, 1.807) is 11.8 Å². The lowest BCUT2D eigenvalue weighted by atomic mass is 9.93. The molecule has 2 heterocycles. The van der Waals surface area contributed by atoms with Crippen LogP contribution < -0.4 is 0 Å². The van der Waals surface area contributed by atoms with E-state index in [9.17, 15) is 5.11 Å². The summed E-state index contributed by atoms with van der Waals surface area (Å²) in [4.78, 5) is 4.62. The minimum absolute atomic E-state index is 0.0271. The SMILES string of the molecule is CCOC1(c2noc(C3CSCC3O)n2)CCCCCC1. The second-order valence-corrected chi connectivity index (χ2v) is 7.08. The van der Waals surface area contributed by atoms with E-state index >= 15 is 0 Å². The minimum atomic E-state index is -0.385. The molecule has 2 aliphatic rings. The second-order valence-electron chi connectivity index (χ2n) is 6.01. The number of aliphatic hydroxyl groups is 1. The molecule has 1 saturated carbocycles. The van der Waals surface area contributed by atoms with Crippen molar-refractivity contribution in [2.24, 2.45) is 0 Å². The Kier molecular flexibility index (Phi) is 4.86. The summed E-state index contributed by atoms with van der Waals surface area (Å²) in [5.41, 5.74) is -0.385. The molecule has 0 bridgehead atoms. The van der Waals surface area contributed by atoms with Crippen LogP contribution in [0.4, 0.5) is 0 Å². The van der Waals surface area contributed by atoms with E-state index < -0.39 is 0 Å². The average molecular weight is 312 g/mol. The van der Waals surface area contributed by atoms with Crippen molar-refractivity contribution in [1.29, 1.82) is 0 Å². The molecule has 118 valence electrons. The van der Waals surface area contributed by atoms with Crippen LogP contribution in [0, 0.1) is 0 Å². The number of ether oxygens (including phenoxy) is 1. The zero-order valence-corrected chi connectivity index (χ0v) is 13.4. The molecule has 0 spiro atoms. The molecule has 6 heteroatoms. The van der Waals surface area contributed by atoms with Crippen molar-refractivity contribution in [1.82, 2.24) is 10.1 Å². The number of thioether (sulfide) groups is 1. The summed E-state index contributed by atoms with van der Waals surface area (Å²) in [5.74, 6) is 2.83. The lowest BCUT2D eigenvalue weighted by molar-refractivity contribution is -0.0636. The quantitative estimate of drug-likeness (QED) is 0.862. The molecule has 1 aromatic rings. The van der Waals surface area contributed by atoms with E-state index in [0.717, 1.165) is 37.2 Å². The molecule has 0 amide bonds. The molecule has 1 aliphatic heterocycles. The van der Waals surface area contributed by atoms with Gasteiger partial charge in [-0.25, -0.2) is 0 Å². The average Bonchev–Trinajstić information content (AvgIpc) is 3.05. The Morgan fingerprint density at radius 2 is 2.05 bits per heavy atom. The Labute approximate surface area is 129 Å². The number of hydrogen-bond acceptors (Lipinski definition) is 6. The fourth-order valence-corrected chi connectivity index (χ4v) is 4.59. The summed E-state index contributed by atoms with van der Waals surface area (Å²) in [5, 5.41) is 14.2. The molecule has 1 aromatic heterocycles. The highest BCUT2D eigenvalue weighted by atomic mass is 32.2. The van der Waals surface area contributed by atoms with Gasteiger partial charge >= 0.3 is 0 Å². The summed E-state index contributed by atoms with van der Waals surface area (Å²) in [6.07, 6.45) is 6.33. The first-order chi connectivity index (χ1) is 10.2. The Hall–Kier alpha value is -0.590. The highest BCUT2D eigenvalue weighted by Crippen LogP contribution is 2.39. The predicted molar refractivity (Wildman–Crippen MR) is 81.4 cm³/mol. The Bertz CT molecular complexity index is 458. The highest BCUT2D eigenvalue weighted by Gasteiger charge is 2.40. The Morgan fingerprint density at radius 1 is 1.29 bits per heavy atom. The van der Waals surface area contributed by atoms with E-state index in [4.69, 9.17) is 9.26 Å². The van der Waals surface area contributed by atoms with Gasteiger partial charge in [0.1, 0.15) is 5.60 Å². The van der Waals surface area contributed by atoms with Gasteiger partial charge in [-0.05, 0) is 19.8 Å². The molecule has 3 rings (SSSR count). The van der Waals surface area contributed by atoms with Crippen LogP contribution in [0.1, 0.15) is 63.1 Å². The van der Waals surface area contributed by atoms with Crippen LogP contribution in [0.5, 0.6) is 0 Å². The van der Waals surface area contributed by atoms with E-state index in [1.165, 1.54) is 12.8 Å². The molecular weight excluding hydrogens is 288 g/mol. The van der Waals surface area contributed by atoms with Crippen molar-refractivity contribution in [3.8, 4) is 0 Å². The molecule has 2 atom stereocenters. The Morgan fingerprint density at radius 3 is 2.67 bits per heavy atom. The zero-order valence-electron chi connectivity index (χ0n) is 12.6. The summed E-state index contributed by atoms with van der Waals surface area (Å²) >= 11 is 1.73. The monoisotopic (exact) mass is 312 g/mol. The third kappa shape index (κ3) is 3.12. The van der Waals surface area contributed by atoms with Gasteiger partial charge in [0.15, 0.2) is 0 Å². The normalized spacial score (nSPS) is 29.4. The van der Waals surface area contributed by atoms with E-state index in [-0.39, 0.29) is 17.6 Å². The third-order valence-electron chi connectivity index (χ3n) is 4.55. The zero-order chi connectivity index (χ0) is 14.7. The van der Waals surface area contributed by atoms with Gasteiger partial charge in [0.25, 0.3) is 0 Å². The van der Waals surface area contributed by atoms with Gasteiger partial charge in [-0.2, -0.15) is 16.7 Å². The maximum absolute atomic E-state index is 9.99. The highest BCUT2D eigenvalue weighted by molar-refractivity contribution is 7.99. The van der Waals surface area contributed by atoms with Gasteiger partial charge in [0.05, 0.1) is 12.0 Å². The smallest absolute Gasteiger partial charge is 0.233 e. The molecule has 0 radical (unpaired) electrons. The maximum Gasteiger partial charge on any atom is 0.233 e. The van der Waals surface area contributed by atoms with Crippen LogP contribution in [0.15, 0.2) is 4.52 Å². The number of nitrogens with zero attached hydrogens (tertiary/aromatic N) is 2. The fraction of sp³-hybridized carbons (Fsp3) is 0.867. The van der Waals surface area contributed by atoms with Crippen LogP contribution in [-0.2, 0) is 10.3 Å². The first-order valence-electron chi connectivity index (χ1n) is 7.99. The molecule has 5 nitrogen and oxygen atoms in total. The molecule has 1 saturated heterocycles. The molecule has 21 heavy (non-hydrogen) atoms. The first kappa shape index (κ1) is 15.3. The van der Waals surface area contributed by atoms with Crippen LogP contribution in [0.3, 0.4) is 0 Å². The van der Waals surface area contributed by atoms with Gasteiger partial charge in [-0.1, -0.05) is 30.8 Å². The number of aliphatic hydroxyl groups excluding tert-OH is 1. The van der Waals surface area contributed by atoms with Crippen molar-refractivity contribution >= 4 is 11.8 Å². The lowest BCUT2D eigenvalue weighted by Crippen LogP contribution is -2.31. The van der Waals surface area contributed by atoms with Crippen molar-refractivity contribution in [2.45, 2.75) is 63.1 Å². The number of rotatable bonds is 4. The lowest BCUT2D eigenvalue weighted by Gasteiger charge is -2.29. The van der Waals surface area contributed by atoms with Gasteiger partial charge < -0.3 is 14.4 Å². The second kappa shape index (κ2) is 6.67. The van der Waals surface area contributed by atoms with E-state index in [1.807, 2.05) is 6.92 Å². The van der Waals surface area contributed by atoms with Gasteiger partial charge in [-0.15, -0.1) is 0 Å². The largest absolute Gasteiger partial charge is 0.391 e. The summed E-state index contributed by atoms with van der Waals surface area (Å²) in [6.45, 7) is 2.68. The standard InChI is InChI=1S/C15H24N2O3S/c1-2-19-15(7-5-3-4-6-8-15)14-16-13(20-17-14)11-9-21-10-12(11)18/h11-12,18H,2-10H2,1H3. The minimum Gasteiger partial charge on any atom is -0.391 e. The molecule has 1 aliphatic carbocycles. The number of aromatic nitrogens is 2. The van der Waals surface area contributed by atoms with Crippen LogP contribution in [-0.4, -0.2) is 39.5 Å². The fourth-order valence-electron chi connectivity index (χ4n) is 3.36. The molecule has 0 aromatic carbocycles. The molecule has 2 unspecified atom stereocenters. The van der Waals surface area contributed by atoms with Crippen molar-refractivity contribution in [3.05, 3.63) is 11.7 Å². The van der Waals surface area contributed by atoms with E-state index in [0.29, 0.717) is 18.3 Å². The Balaban J connectivity index is 1.84. The molecule has 1 N–H and O–H groups in total. The van der Waals surface area contributed by atoms with Gasteiger partial charge in [0.2, 0.25) is 11.7 Å². The molecule has 2 fully saturated rings. The van der Waals surface area contributed by atoms with Crippen LogP contribution in [0.25, 0.3) is 0 Å². The summed E-state index contributed by atoms with van der Waals surface area (Å²) < 4.78 is 11.6. The third-order valence-corrected chi connectivity index (χ3v) is 5.72. The first-order valence-corrected chi connectivity index (χ1v) is 9.14. The van der Waals surface area contributed by atoms with Crippen molar-refractivity contribution in [2.75, 3.05) is 18.1 Å². The van der Waals surface area contributed by atoms with Crippen molar-refractivity contribution < 1.29 is 14.4 Å². The summed E-state index contributed by atoms with van der Waals surface area (Å²) in [6, 6.07) is 0.